The predicted molar refractivity (Wildman–Crippen MR) is 103 cm³/mol. The van der Waals surface area contributed by atoms with Crippen LogP contribution < -0.4 is 5.56 Å². The first-order valence-electron chi connectivity index (χ1n) is 9.34. The number of fused-ring (bicyclic) bond motifs is 1. The van der Waals surface area contributed by atoms with Gasteiger partial charge in [-0.25, -0.2) is 9.97 Å². The fraction of sp³-hybridized carbons (Fsp3) is 0.400. The van der Waals surface area contributed by atoms with Crippen LogP contribution in [0.25, 0.3) is 10.9 Å². The lowest BCUT2D eigenvalue weighted by molar-refractivity contribution is 0.0703. The molecule has 1 aliphatic rings. The third-order valence-corrected chi connectivity index (χ3v) is 5.33. The Balaban J connectivity index is 1.59. The first-order valence-corrected chi connectivity index (χ1v) is 9.34. The fourth-order valence-corrected chi connectivity index (χ4v) is 3.85. The zero-order valence-electron chi connectivity index (χ0n) is 15.6. The van der Waals surface area contributed by atoms with E-state index < -0.39 is 0 Å². The topological polar surface area (TPSA) is 73.0 Å². The van der Waals surface area contributed by atoms with E-state index >= 15 is 0 Å². The molecule has 0 radical (unpaired) electrons. The highest BCUT2D eigenvalue weighted by Gasteiger charge is 2.28. The van der Waals surface area contributed by atoms with Crippen molar-refractivity contribution in [1.82, 2.24) is 24.0 Å². The van der Waals surface area contributed by atoms with E-state index in [-0.39, 0.29) is 17.4 Å². The van der Waals surface area contributed by atoms with Crippen molar-refractivity contribution in [2.45, 2.75) is 32.2 Å². The summed E-state index contributed by atoms with van der Waals surface area (Å²) in [6, 6.07) is 5.14. The Morgan fingerprint density at radius 1 is 1.30 bits per heavy atom. The highest BCUT2D eigenvalue weighted by Crippen LogP contribution is 2.27. The molecule has 7 nitrogen and oxygen atoms in total. The number of piperidine rings is 1. The maximum atomic E-state index is 13.1. The summed E-state index contributed by atoms with van der Waals surface area (Å²) >= 11 is 0. The first kappa shape index (κ1) is 17.5. The molecule has 0 unspecified atom stereocenters. The van der Waals surface area contributed by atoms with Gasteiger partial charge in [0.1, 0.15) is 5.82 Å². The van der Waals surface area contributed by atoms with Gasteiger partial charge in [-0.3, -0.25) is 9.59 Å². The van der Waals surface area contributed by atoms with Gasteiger partial charge in [0.15, 0.2) is 0 Å². The third-order valence-electron chi connectivity index (χ3n) is 5.33. The van der Waals surface area contributed by atoms with E-state index in [9.17, 15) is 9.59 Å². The highest BCUT2D eigenvalue weighted by atomic mass is 16.2. The molecule has 0 N–H and O–H groups in total. The normalized spacial score (nSPS) is 17.4. The van der Waals surface area contributed by atoms with Gasteiger partial charge in [-0.05, 0) is 38.0 Å². The van der Waals surface area contributed by atoms with E-state index in [2.05, 4.69) is 21.5 Å². The molecule has 3 aromatic rings. The van der Waals surface area contributed by atoms with Crippen molar-refractivity contribution >= 4 is 16.8 Å². The summed E-state index contributed by atoms with van der Waals surface area (Å²) < 4.78 is 3.59. The van der Waals surface area contributed by atoms with Crippen LogP contribution in [0.1, 0.15) is 41.9 Å². The Morgan fingerprint density at radius 2 is 2.15 bits per heavy atom. The molecule has 0 aliphatic carbocycles. The summed E-state index contributed by atoms with van der Waals surface area (Å²) in [4.78, 5) is 35.9. The number of aryl methyl sites for hydroxylation is 2. The maximum Gasteiger partial charge on any atom is 0.260 e. The smallest absolute Gasteiger partial charge is 0.260 e. The molecule has 1 saturated heterocycles. The second-order valence-electron chi connectivity index (χ2n) is 7.05. The molecule has 7 heteroatoms. The lowest BCUT2D eigenvalue weighted by Gasteiger charge is -2.32. The summed E-state index contributed by atoms with van der Waals surface area (Å²) in [6.07, 6.45) is 7.30. The number of amides is 1. The summed E-state index contributed by atoms with van der Waals surface area (Å²) in [6.45, 7) is 4.39. The van der Waals surface area contributed by atoms with Crippen LogP contribution in [0.5, 0.6) is 0 Å². The number of nitrogens with zero attached hydrogens (tertiary/aromatic N) is 5. The lowest BCUT2D eigenvalue weighted by atomic mass is 9.96. The van der Waals surface area contributed by atoms with E-state index in [0.717, 1.165) is 31.8 Å². The van der Waals surface area contributed by atoms with Crippen LogP contribution in [-0.2, 0) is 13.6 Å². The third kappa shape index (κ3) is 3.13. The summed E-state index contributed by atoms with van der Waals surface area (Å²) in [5, 5.41) is 0.526. The Morgan fingerprint density at radius 3 is 2.96 bits per heavy atom. The molecular weight excluding hydrogens is 342 g/mol. The van der Waals surface area contributed by atoms with Gasteiger partial charge in [0, 0.05) is 50.6 Å². The second-order valence-corrected chi connectivity index (χ2v) is 7.05. The Labute approximate surface area is 157 Å². The molecule has 2 aromatic heterocycles. The van der Waals surface area contributed by atoms with Gasteiger partial charge in [-0.1, -0.05) is 0 Å². The average Bonchev–Trinajstić information content (AvgIpc) is 3.19. The van der Waals surface area contributed by atoms with Crippen molar-refractivity contribution < 1.29 is 4.79 Å². The van der Waals surface area contributed by atoms with E-state index in [1.807, 2.05) is 17.3 Å². The number of hydrogen-bond acceptors (Lipinski definition) is 4. The van der Waals surface area contributed by atoms with Crippen molar-refractivity contribution in [3.63, 3.8) is 0 Å². The lowest BCUT2D eigenvalue weighted by Crippen LogP contribution is -2.39. The van der Waals surface area contributed by atoms with Crippen LogP contribution >= 0.6 is 0 Å². The second kappa shape index (κ2) is 6.98. The summed E-state index contributed by atoms with van der Waals surface area (Å²) in [5.74, 6) is 1.29. The first-order chi connectivity index (χ1) is 13.1. The summed E-state index contributed by atoms with van der Waals surface area (Å²) in [7, 11) is 1.67. The Kier molecular flexibility index (Phi) is 4.51. The molecular formula is C20H23N5O2. The number of hydrogen-bond donors (Lipinski definition) is 0. The molecule has 0 bridgehead atoms. The van der Waals surface area contributed by atoms with Gasteiger partial charge >= 0.3 is 0 Å². The standard InChI is InChI=1S/C20H23N5O2/c1-3-24-10-8-21-18(24)15-5-4-9-25(12-15)19(26)14-6-7-16-17(11-14)22-13-23(2)20(16)27/h6-8,10-11,13,15H,3-5,9,12H2,1-2H3/t15-/m0/s1. The van der Waals surface area contributed by atoms with Crippen LogP contribution in [-0.4, -0.2) is 43.0 Å². The number of carbonyl (C=O) groups excluding carboxylic acids is 1. The Hall–Kier alpha value is -2.96. The molecule has 27 heavy (non-hydrogen) atoms. The van der Waals surface area contributed by atoms with Gasteiger partial charge in [-0.15, -0.1) is 0 Å². The van der Waals surface area contributed by atoms with Crippen LogP contribution in [0.2, 0.25) is 0 Å². The van der Waals surface area contributed by atoms with Crippen molar-refractivity contribution in [2.24, 2.45) is 7.05 Å². The van der Waals surface area contributed by atoms with Crippen LogP contribution in [0, 0.1) is 0 Å². The molecule has 0 saturated carbocycles. The Bertz CT molecular complexity index is 1050. The van der Waals surface area contributed by atoms with Crippen LogP contribution in [0.3, 0.4) is 0 Å². The molecule has 4 rings (SSSR count). The van der Waals surface area contributed by atoms with Crippen molar-refractivity contribution in [1.29, 1.82) is 0 Å². The van der Waals surface area contributed by atoms with Gasteiger partial charge in [0.2, 0.25) is 0 Å². The molecule has 1 amide bonds. The number of carbonyl (C=O) groups is 1. The molecule has 3 heterocycles. The van der Waals surface area contributed by atoms with E-state index in [1.54, 1.807) is 25.2 Å². The summed E-state index contributed by atoms with van der Waals surface area (Å²) in [5.41, 5.74) is 1.02. The molecule has 0 spiro atoms. The fourth-order valence-electron chi connectivity index (χ4n) is 3.85. The molecule has 1 aliphatic heterocycles. The average molecular weight is 365 g/mol. The quantitative estimate of drug-likeness (QED) is 0.713. The minimum Gasteiger partial charge on any atom is -0.338 e. The highest BCUT2D eigenvalue weighted by molar-refractivity contribution is 5.97. The minimum atomic E-state index is -0.108. The SMILES string of the molecule is CCn1ccnc1[C@H]1CCCN(C(=O)c2ccc3c(=O)n(C)cnc3c2)C1. The van der Waals surface area contributed by atoms with Crippen LogP contribution in [0.4, 0.5) is 0 Å². The largest absolute Gasteiger partial charge is 0.338 e. The zero-order valence-corrected chi connectivity index (χ0v) is 15.6. The number of aromatic nitrogens is 4. The molecule has 1 atom stereocenters. The van der Waals surface area contributed by atoms with Crippen molar-refractivity contribution in [3.05, 3.63) is 58.7 Å². The van der Waals surface area contributed by atoms with Gasteiger partial charge in [0.05, 0.1) is 17.2 Å². The monoisotopic (exact) mass is 365 g/mol. The van der Waals surface area contributed by atoms with Gasteiger partial charge < -0.3 is 14.0 Å². The van der Waals surface area contributed by atoms with E-state index in [0.29, 0.717) is 23.0 Å². The van der Waals surface area contributed by atoms with Gasteiger partial charge in [-0.2, -0.15) is 0 Å². The number of likely N-dealkylation sites (tertiary alicyclic amines) is 1. The molecule has 140 valence electrons. The number of benzene rings is 1. The van der Waals surface area contributed by atoms with Gasteiger partial charge in [0.25, 0.3) is 11.5 Å². The number of imidazole rings is 1. The van der Waals surface area contributed by atoms with E-state index in [1.165, 1.54) is 10.9 Å². The zero-order chi connectivity index (χ0) is 19.0. The minimum absolute atomic E-state index is 0.0151. The van der Waals surface area contributed by atoms with Crippen molar-refractivity contribution in [2.75, 3.05) is 13.1 Å². The van der Waals surface area contributed by atoms with Crippen LogP contribution in [0.15, 0.2) is 41.7 Å². The maximum absolute atomic E-state index is 13.1. The predicted octanol–water partition coefficient (Wildman–Crippen LogP) is 2.17. The van der Waals surface area contributed by atoms with Crippen molar-refractivity contribution in [3.8, 4) is 0 Å². The molecule has 1 fully saturated rings. The van der Waals surface area contributed by atoms with E-state index in [4.69, 9.17) is 0 Å². The number of rotatable bonds is 3. The molecule has 1 aromatic carbocycles.